The summed E-state index contributed by atoms with van der Waals surface area (Å²) in [6, 6.07) is 0. The van der Waals surface area contributed by atoms with Gasteiger partial charge in [0, 0.05) is 6.54 Å². The molecular formula is C9H20N. The molecule has 0 heterocycles. The lowest BCUT2D eigenvalue weighted by atomic mass is 10.1. The van der Waals surface area contributed by atoms with E-state index in [0.717, 1.165) is 5.92 Å². The molecule has 0 rings (SSSR count). The molecule has 0 aromatic carbocycles. The Hall–Kier alpha value is -0.0400. The van der Waals surface area contributed by atoms with E-state index in [1.807, 2.05) is 7.05 Å². The second-order valence-electron chi connectivity index (χ2n) is 3.17. The first-order chi connectivity index (χ1) is 4.77. The molecule has 0 bridgehead atoms. The second kappa shape index (κ2) is 7.07. The third kappa shape index (κ3) is 7.96. The SMILES string of the molecule is CN[CH]CCCCC(C)C. The van der Waals surface area contributed by atoms with Gasteiger partial charge in [-0.15, -0.1) is 0 Å². The van der Waals surface area contributed by atoms with Gasteiger partial charge in [-0.2, -0.15) is 0 Å². The zero-order chi connectivity index (χ0) is 7.82. The Kier molecular flexibility index (Phi) is 7.04. The van der Waals surface area contributed by atoms with E-state index in [1.54, 1.807) is 0 Å². The van der Waals surface area contributed by atoms with Gasteiger partial charge in [0.15, 0.2) is 0 Å². The number of rotatable bonds is 6. The molecule has 0 aliphatic heterocycles. The van der Waals surface area contributed by atoms with Crippen molar-refractivity contribution in [1.29, 1.82) is 0 Å². The molecule has 10 heavy (non-hydrogen) atoms. The summed E-state index contributed by atoms with van der Waals surface area (Å²) in [5.74, 6) is 0.870. The minimum atomic E-state index is 0.870. The lowest BCUT2D eigenvalue weighted by molar-refractivity contribution is 0.533. The lowest BCUT2D eigenvalue weighted by Gasteiger charge is -2.02. The van der Waals surface area contributed by atoms with Crippen molar-refractivity contribution in [3.63, 3.8) is 0 Å². The van der Waals surface area contributed by atoms with Crippen LogP contribution in [0.2, 0.25) is 0 Å². The Morgan fingerprint density at radius 2 is 2.00 bits per heavy atom. The van der Waals surface area contributed by atoms with Crippen molar-refractivity contribution in [3.05, 3.63) is 6.54 Å². The Morgan fingerprint density at radius 3 is 2.50 bits per heavy atom. The molecule has 0 aromatic rings. The summed E-state index contributed by atoms with van der Waals surface area (Å²) >= 11 is 0. The molecule has 1 heteroatoms. The summed E-state index contributed by atoms with van der Waals surface area (Å²) in [6.45, 7) is 6.68. The highest BCUT2D eigenvalue weighted by Gasteiger charge is 1.92. The molecule has 0 amide bonds. The van der Waals surface area contributed by atoms with Crippen molar-refractivity contribution in [2.24, 2.45) is 5.92 Å². The maximum absolute atomic E-state index is 3.03. The monoisotopic (exact) mass is 142 g/mol. The lowest BCUT2D eigenvalue weighted by Crippen LogP contribution is -2.00. The van der Waals surface area contributed by atoms with Crippen LogP contribution in [-0.2, 0) is 0 Å². The van der Waals surface area contributed by atoms with Gasteiger partial charge in [0.25, 0.3) is 0 Å². The molecule has 1 nitrogen and oxygen atoms in total. The van der Waals surface area contributed by atoms with Crippen molar-refractivity contribution in [3.8, 4) is 0 Å². The van der Waals surface area contributed by atoms with Gasteiger partial charge in [-0.05, 0) is 19.4 Å². The van der Waals surface area contributed by atoms with Gasteiger partial charge in [0.1, 0.15) is 0 Å². The first-order valence-electron chi connectivity index (χ1n) is 4.26. The molecule has 0 spiro atoms. The quantitative estimate of drug-likeness (QED) is 0.562. The van der Waals surface area contributed by atoms with E-state index in [9.17, 15) is 0 Å². The van der Waals surface area contributed by atoms with E-state index in [2.05, 4.69) is 25.7 Å². The van der Waals surface area contributed by atoms with Gasteiger partial charge in [0.05, 0.1) is 0 Å². The summed E-state index contributed by atoms with van der Waals surface area (Å²) in [4.78, 5) is 0. The van der Waals surface area contributed by atoms with Gasteiger partial charge >= 0.3 is 0 Å². The minimum absolute atomic E-state index is 0.870. The Morgan fingerprint density at radius 1 is 1.30 bits per heavy atom. The van der Waals surface area contributed by atoms with E-state index >= 15 is 0 Å². The largest absolute Gasteiger partial charge is 0.315 e. The summed E-state index contributed by atoms with van der Waals surface area (Å²) in [6.07, 6.45) is 5.29. The zero-order valence-corrected chi connectivity index (χ0v) is 7.48. The van der Waals surface area contributed by atoms with Crippen molar-refractivity contribution < 1.29 is 0 Å². The average Bonchev–Trinajstić information content (AvgIpc) is 1.87. The highest BCUT2D eigenvalue weighted by atomic mass is 14.8. The minimum Gasteiger partial charge on any atom is -0.315 e. The molecule has 61 valence electrons. The molecule has 0 saturated heterocycles. The van der Waals surface area contributed by atoms with E-state index in [1.165, 1.54) is 25.7 Å². The molecule has 0 saturated carbocycles. The average molecular weight is 142 g/mol. The van der Waals surface area contributed by atoms with Gasteiger partial charge in [-0.3, -0.25) is 0 Å². The molecule has 0 aliphatic rings. The Bertz CT molecular complexity index is 59.7. The number of unbranched alkanes of at least 4 members (excludes halogenated alkanes) is 2. The third-order valence-electron chi connectivity index (χ3n) is 1.58. The molecule has 0 aliphatic carbocycles. The first-order valence-corrected chi connectivity index (χ1v) is 4.26. The first kappa shape index (κ1) is 9.96. The van der Waals surface area contributed by atoms with Crippen molar-refractivity contribution >= 4 is 0 Å². The predicted octanol–water partition coefficient (Wildman–Crippen LogP) is 2.58. The molecule has 0 atom stereocenters. The van der Waals surface area contributed by atoms with E-state index in [4.69, 9.17) is 0 Å². The fraction of sp³-hybridized carbons (Fsp3) is 0.889. The fourth-order valence-electron chi connectivity index (χ4n) is 0.943. The standard InChI is InChI=1S/C9H20N/c1-9(2)7-5-4-6-8-10-3/h8-10H,4-7H2,1-3H3. The number of hydrogen-bond donors (Lipinski definition) is 1. The highest BCUT2D eigenvalue weighted by molar-refractivity contribution is 4.57. The van der Waals surface area contributed by atoms with Crippen LogP contribution >= 0.6 is 0 Å². The van der Waals surface area contributed by atoms with E-state index < -0.39 is 0 Å². The number of nitrogens with one attached hydrogen (secondary N) is 1. The van der Waals surface area contributed by atoms with Gasteiger partial charge < -0.3 is 5.32 Å². The van der Waals surface area contributed by atoms with Crippen molar-refractivity contribution in [2.45, 2.75) is 39.5 Å². The van der Waals surface area contributed by atoms with Crippen LogP contribution in [0.15, 0.2) is 0 Å². The van der Waals surface area contributed by atoms with Crippen molar-refractivity contribution in [1.82, 2.24) is 5.32 Å². The highest BCUT2D eigenvalue weighted by Crippen LogP contribution is 2.07. The van der Waals surface area contributed by atoms with E-state index in [0.29, 0.717) is 0 Å². The third-order valence-corrected chi connectivity index (χ3v) is 1.58. The summed E-state index contributed by atoms with van der Waals surface area (Å²) in [7, 11) is 1.96. The van der Waals surface area contributed by atoms with Gasteiger partial charge in [0.2, 0.25) is 0 Å². The Labute approximate surface area is 65.2 Å². The molecule has 1 radical (unpaired) electrons. The van der Waals surface area contributed by atoms with Crippen LogP contribution in [0.3, 0.4) is 0 Å². The molecule has 1 N–H and O–H groups in total. The predicted molar refractivity (Wildman–Crippen MR) is 46.7 cm³/mol. The van der Waals surface area contributed by atoms with Crippen LogP contribution in [-0.4, -0.2) is 7.05 Å². The van der Waals surface area contributed by atoms with Crippen LogP contribution in [0, 0.1) is 12.5 Å². The maximum Gasteiger partial charge on any atom is 0.0218 e. The number of hydrogen-bond acceptors (Lipinski definition) is 1. The van der Waals surface area contributed by atoms with Crippen LogP contribution in [0.5, 0.6) is 0 Å². The fourth-order valence-corrected chi connectivity index (χ4v) is 0.943. The van der Waals surface area contributed by atoms with Crippen molar-refractivity contribution in [2.75, 3.05) is 7.05 Å². The molecule has 0 aromatic heterocycles. The molecular weight excluding hydrogens is 122 g/mol. The van der Waals surface area contributed by atoms with Gasteiger partial charge in [-0.1, -0.05) is 33.1 Å². The van der Waals surface area contributed by atoms with Crippen LogP contribution in [0.1, 0.15) is 39.5 Å². The maximum atomic E-state index is 3.03. The Balaban J connectivity index is 2.77. The summed E-state index contributed by atoms with van der Waals surface area (Å²) in [5, 5.41) is 3.03. The summed E-state index contributed by atoms with van der Waals surface area (Å²) < 4.78 is 0. The summed E-state index contributed by atoms with van der Waals surface area (Å²) in [5.41, 5.74) is 0. The van der Waals surface area contributed by atoms with E-state index in [-0.39, 0.29) is 0 Å². The second-order valence-corrected chi connectivity index (χ2v) is 3.17. The normalized spacial score (nSPS) is 10.8. The molecule has 0 unspecified atom stereocenters. The molecule has 0 fully saturated rings. The zero-order valence-electron chi connectivity index (χ0n) is 7.48. The van der Waals surface area contributed by atoms with Crippen LogP contribution in [0.4, 0.5) is 0 Å². The van der Waals surface area contributed by atoms with Crippen LogP contribution in [0.25, 0.3) is 0 Å². The van der Waals surface area contributed by atoms with Gasteiger partial charge in [-0.25, -0.2) is 0 Å². The van der Waals surface area contributed by atoms with Crippen LogP contribution < -0.4 is 5.32 Å². The smallest absolute Gasteiger partial charge is 0.0218 e. The topological polar surface area (TPSA) is 12.0 Å².